The minimum absolute atomic E-state index is 0.00355. The fourth-order valence-electron chi connectivity index (χ4n) is 1.25. The lowest BCUT2D eigenvalue weighted by molar-refractivity contribution is 0.198. The van der Waals surface area contributed by atoms with Gasteiger partial charge < -0.3 is 9.84 Å². The quantitative estimate of drug-likeness (QED) is 0.781. The molecule has 0 radical (unpaired) electrons. The van der Waals surface area contributed by atoms with Gasteiger partial charge in [-0.3, -0.25) is 0 Å². The van der Waals surface area contributed by atoms with E-state index in [-0.39, 0.29) is 11.4 Å². The fourth-order valence-corrected chi connectivity index (χ4v) is 2.37. The van der Waals surface area contributed by atoms with Gasteiger partial charge in [-0.25, -0.2) is 13.1 Å². The van der Waals surface area contributed by atoms with Crippen LogP contribution in [0.25, 0.3) is 0 Å². The van der Waals surface area contributed by atoms with E-state index in [4.69, 9.17) is 9.84 Å². The molecule has 0 heterocycles. The lowest BCUT2D eigenvalue weighted by Crippen LogP contribution is -2.30. The molecule has 1 rings (SSSR count). The second-order valence-electron chi connectivity index (χ2n) is 4.02. The number of hydrogen-bond donors (Lipinski definition) is 2. The van der Waals surface area contributed by atoms with E-state index in [0.29, 0.717) is 12.4 Å². The molecule has 1 aromatic rings. The Morgan fingerprint density at radius 2 is 1.94 bits per heavy atom. The summed E-state index contributed by atoms with van der Waals surface area (Å²) in [6.07, 6.45) is 0.183. The standard InChI is InChI=1S/C12H19NO4S/c1-3-8-17-11-4-6-12(7-5-11)18(15,16)13-9-10(2)14/h4-7,10,13-14H,3,8-9H2,1-2H3. The van der Waals surface area contributed by atoms with Crippen LogP contribution in [0.5, 0.6) is 5.75 Å². The molecule has 0 aliphatic carbocycles. The molecule has 0 bridgehead atoms. The Kier molecular flexibility index (Phi) is 5.58. The lowest BCUT2D eigenvalue weighted by atomic mass is 10.3. The third kappa shape index (κ3) is 4.64. The minimum atomic E-state index is -3.56. The third-order valence-electron chi connectivity index (χ3n) is 2.18. The van der Waals surface area contributed by atoms with Crippen molar-refractivity contribution in [3.05, 3.63) is 24.3 Å². The second kappa shape index (κ2) is 6.72. The van der Waals surface area contributed by atoms with Crippen molar-refractivity contribution in [2.45, 2.75) is 31.3 Å². The molecule has 0 amide bonds. The van der Waals surface area contributed by atoms with Crippen LogP contribution in [0.4, 0.5) is 0 Å². The summed E-state index contributed by atoms with van der Waals surface area (Å²) in [5.74, 6) is 0.645. The second-order valence-corrected chi connectivity index (χ2v) is 5.79. The Balaban J connectivity index is 2.71. The first-order valence-electron chi connectivity index (χ1n) is 5.86. The summed E-state index contributed by atoms with van der Waals surface area (Å²) in [6.45, 7) is 4.12. The van der Waals surface area contributed by atoms with E-state index in [1.54, 1.807) is 12.1 Å². The predicted molar refractivity (Wildman–Crippen MR) is 69.1 cm³/mol. The van der Waals surface area contributed by atoms with Gasteiger partial charge in [0.15, 0.2) is 0 Å². The average Bonchev–Trinajstić information content (AvgIpc) is 2.34. The molecule has 0 saturated carbocycles. The Hall–Kier alpha value is -1.11. The van der Waals surface area contributed by atoms with Crippen LogP contribution in [-0.4, -0.2) is 32.8 Å². The van der Waals surface area contributed by atoms with Gasteiger partial charge in [-0.05, 0) is 37.6 Å². The summed E-state index contributed by atoms with van der Waals surface area (Å²) in [5.41, 5.74) is 0. The number of nitrogens with one attached hydrogen (secondary N) is 1. The summed E-state index contributed by atoms with van der Waals surface area (Å²) in [6, 6.07) is 6.20. The first-order chi connectivity index (χ1) is 8.45. The maximum Gasteiger partial charge on any atom is 0.240 e. The average molecular weight is 273 g/mol. The molecule has 6 heteroatoms. The van der Waals surface area contributed by atoms with Crippen molar-refractivity contribution >= 4 is 10.0 Å². The lowest BCUT2D eigenvalue weighted by Gasteiger charge is -2.09. The summed E-state index contributed by atoms with van der Waals surface area (Å²) in [7, 11) is -3.56. The Labute approximate surface area is 108 Å². The zero-order chi connectivity index (χ0) is 13.6. The number of aliphatic hydroxyl groups excluding tert-OH is 1. The van der Waals surface area contributed by atoms with Crippen LogP contribution in [0.3, 0.4) is 0 Å². The first-order valence-corrected chi connectivity index (χ1v) is 7.34. The number of benzene rings is 1. The van der Waals surface area contributed by atoms with E-state index < -0.39 is 16.1 Å². The molecular formula is C12H19NO4S. The highest BCUT2D eigenvalue weighted by molar-refractivity contribution is 7.89. The van der Waals surface area contributed by atoms with Crippen molar-refractivity contribution in [1.29, 1.82) is 0 Å². The molecule has 1 unspecified atom stereocenters. The number of ether oxygens (including phenoxy) is 1. The highest BCUT2D eigenvalue weighted by Gasteiger charge is 2.14. The van der Waals surface area contributed by atoms with E-state index in [1.165, 1.54) is 19.1 Å². The van der Waals surface area contributed by atoms with Crippen LogP contribution in [-0.2, 0) is 10.0 Å². The molecular weight excluding hydrogens is 254 g/mol. The van der Waals surface area contributed by atoms with Crippen LogP contribution in [0, 0.1) is 0 Å². The van der Waals surface area contributed by atoms with Gasteiger partial charge in [-0.2, -0.15) is 0 Å². The largest absolute Gasteiger partial charge is 0.494 e. The minimum Gasteiger partial charge on any atom is -0.494 e. The maximum atomic E-state index is 11.8. The predicted octanol–water partition coefficient (Wildman–Crippen LogP) is 1.13. The SMILES string of the molecule is CCCOc1ccc(S(=O)(=O)NCC(C)O)cc1. The molecule has 0 aliphatic heterocycles. The first kappa shape index (κ1) is 14.9. The van der Waals surface area contributed by atoms with E-state index in [2.05, 4.69) is 4.72 Å². The van der Waals surface area contributed by atoms with Crippen molar-refractivity contribution in [3.8, 4) is 5.75 Å². The fraction of sp³-hybridized carbons (Fsp3) is 0.500. The molecule has 0 aliphatic rings. The molecule has 1 aromatic carbocycles. The Morgan fingerprint density at radius 3 is 2.44 bits per heavy atom. The van der Waals surface area contributed by atoms with Gasteiger partial charge in [0.25, 0.3) is 0 Å². The molecule has 5 nitrogen and oxygen atoms in total. The summed E-state index contributed by atoms with van der Waals surface area (Å²) >= 11 is 0. The Bertz CT molecular complexity index is 453. The van der Waals surface area contributed by atoms with Crippen LogP contribution < -0.4 is 9.46 Å². The van der Waals surface area contributed by atoms with Gasteiger partial charge in [0, 0.05) is 6.54 Å². The topological polar surface area (TPSA) is 75.6 Å². The molecule has 0 aromatic heterocycles. The molecule has 102 valence electrons. The maximum absolute atomic E-state index is 11.8. The number of sulfonamides is 1. The normalized spacial score (nSPS) is 13.3. The van der Waals surface area contributed by atoms with Gasteiger partial charge in [0.2, 0.25) is 10.0 Å². The molecule has 0 fully saturated rings. The van der Waals surface area contributed by atoms with Gasteiger partial charge >= 0.3 is 0 Å². The molecule has 0 saturated heterocycles. The van der Waals surface area contributed by atoms with E-state index in [9.17, 15) is 8.42 Å². The zero-order valence-corrected chi connectivity index (χ0v) is 11.4. The van der Waals surface area contributed by atoms with Crippen molar-refractivity contribution in [2.24, 2.45) is 0 Å². The number of hydrogen-bond acceptors (Lipinski definition) is 4. The van der Waals surface area contributed by atoms with E-state index >= 15 is 0 Å². The monoisotopic (exact) mass is 273 g/mol. The van der Waals surface area contributed by atoms with Crippen LogP contribution in [0.2, 0.25) is 0 Å². The Morgan fingerprint density at radius 1 is 1.33 bits per heavy atom. The highest BCUT2D eigenvalue weighted by Crippen LogP contribution is 2.15. The molecule has 0 spiro atoms. The zero-order valence-electron chi connectivity index (χ0n) is 10.6. The van der Waals surface area contributed by atoms with E-state index in [0.717, 1.165) is 6.42 Å². The smallest absolute Gasteiger partial charge is 0.240 e. The molecule has 1 atom stereocenters. The van der Waals surface area contributed by atoms with Crippen molar-refractivity contribution in [1.82, 2.24) is 4.72 Å². The van der Waals surface area contributed by atoms with Gasteiger partial charge in [-0.1, -0.05) is 6.92 Å². The summed E-state index contributed by atoms with van der Waals surface area (Å²) < 4.78 is 31.3. The van der Waals surface area contributed by atoms with Gasteiger partial charge in [-0.15, -0.1) is 0 Å². The van der Waals surface area contributed by atoms with Crippen molar-refractivity contribution in [2.75, 3.05) is 13.2 Å². The molecule has 18 heavy (non-hydrogen) atoms. The van der Waals surface area contributed by atoms with Crippen LogP contribution in [0.1, 0.15) is 20.3 Å². The van der Waals surface area contributed by atoms with Gasteiger partial charge in [0.1, 0.15) is 5.75 Å². The van der Waals surface area contributed by atoms with Crippen molar-refractivity contribution < 1.29 is 18.3 Å². The van der Waals surface area contributed by atoms with Crippen LogP contribution >= 0.6 is 0 Å². The molecule has 2 N–H and O–H groups in total. The highest BCUT2D eigenvalue weighted by atomic mass is 32.2. The van der Waals surface area contributed by atoms with Crippen molar-refractivity contribution in [3.63, 3.8) is 0 Å². The number of aliphatic hydroxyl groups is 1. The summed E-state index contributed by atoms with van der Waals surface area (Å²) in [4.78, 5) is 0.159. The third-order valence-corrected chi connectivity index (χ3v) is 3.62. The van der Waals surface area contributed by atoms with E-state index in [1.807, 2.05) is 6.92 Å². The summed E-state index contributed by atoms with van der Waals surface area (Å²) in [5, 5.41) is 9.06. The number of rotatable bonds is 7. The van der Waals surface area contributed by atoms with Gasteiger partial charge in [0.05, 0.1) is 17.6 Å². The van der Waals surface area contributed by atoms with Crippen LogP contribution in [0.15, 0.2) is 29.2 Å².